The summed E-state index contributed by atoms with van der Waals surface area (Å²) in [5.74, 6) is 6.24. The molecule has 0 radical (unpaired) electrons. The highest BCUT2D eigenvalue weighted by Gasteiger charge is 2.40. The largest absolute Gasteiger partial charge is 0.530 e. The van der Waals surface area contributed by atoms with Gasteiger partial charge in [-0.2, -0.15) is 0 Å². The van der Waals surface area contributed by atoms with Crippen LogP contribution >= 0.6 is 17.2 Å². The number of amides is 2. The van der Waals surface area contributed by atoms with Crippen LogP contribution in [0, 0.1) is 0 Å². The van der Waals surface area contributed by atoms with Crippen molar-refractivity contribution < 1.29 is 88.8 Å². The van der Waals surface area contributed by atoms with Crippen molar-refractivity contribution in [2.24, 2.45) is 0 Å². The van der Waals surface area contributed by atoms with E-state index in [1.807, 2.05) is 240 Å². The fourth-order valence-electron chi connectivity index (χ4n) is 13.9. The first-order valence-corrected chi connectivity index (χ1v) is 43.2. The zero-order chi connectivity index (χ0) is 81.6. The summed E-state index contributed by atoms with van der Waals surface area (Å²) in [6.45, 7) is 11.5. The molecule has 14 rings (SSSR count). The second kappa shape index (κ2) is 47.7. The molecule has 25 nitrogen and oxygen atoms in total. The highest BCUT2D eigenvalue weighted by molar-refractivity contribution is 7.43. The van der Waals surface area contributed by atoms with Gasteiger partial charge in [-0.25, -0.2) is 4.79 Å². The average Bonchev–Trinajstić information content (AvgIpc) is 1.62. The summed E-state index contributed by atoms with van der Waals surface area (Å²) in [5, 5.41) is 7.66. The van der Waals surface area contributed by atoms with Gasteiger partial charge in [-0.1, -0.05) is 158 Å². The molecule has 10 aromatic rings. The van der Waals surface area contributed by atoms with E-state index in [4.69, 9.17) is 84.0 Å². The van der Waals surface area contributed by atoms with E-state index in [0.29, 0.717) is 202 Å². The Bertz CT molecular complexity index is 4380. The third-order valence-corrected chi connectivity index (χ3v) is 22.1. The molecule has 2 amide bonds. The second-order valence-corrected chi connectivity index (χ2v) is 30.3. The predicted molar refractivity (Wildman–Crippen MR) is 457 cm³/mol. The van der Waals surface area contributed by atoms with Gasteiger partial charge in [0.2, 0.25) is 0 Å². The summed E-state index contributed by atoms with van der Waals surface area (Å²) in [7, 11) is -3.67. The van der Waals surface area contributed by atoms with Crippen LogP contribution in [0.25, 0.3) is 0 Å². The quantitative estimate of drug-likeness (QED) is 0.0763. The van der Waals surface area contributed by atoms with E-state index in [0.717, 1.165) is 44.5 Å². The van der Waals surface area contributed by atoms with Gasteiger partial charge < -0.3 is 93.8 Å². The minimum absolute atomic E-state index is 0.128. The van der Waals surface area contributed by atoms with Crippen LogP contribution in [-0.4, -0.2) is 184 Å². The molecule has 0 aromatic heterocycles. The molecule has 632 valence electrons. The molecule has 0 saturated heterocycles. The lowest BCUT2D eigenvalue weighted by molar-refractivity contribution is 0.0152. The molecule has 2 atom stereocenters. The lowest BCUT2D eigenvalue weighted by Crippen LogP contribution is -2.50. The monoisotopic (exact) mass is 1670 g/mol. The lowest BCUT2D eigenvalue weighted by atomic mass is 10.0. The van der Waals surface area contributed by atoms with Gasteiger partial charge in [0.1, 0.15) is 96.3 Å². The van der Waals surface area contributed by atoms with Gasteiger partial charge in [0.15, 0.2) is 0 Å². The van der Waals surface area contributed by atoms with Gasteiger partial charge in [0.05, 0.1) is 119 Å². The van der Waals surface area contributed by atoms with Gasteiger partial charge in [0.25, 0.3) is 0 Å². The van der Waals surface area contributed by atoms with Crippen molar-refractivity contribution in [2.75, 3.05) is 158 Å². The minimum atomic E-state index is -1.84. The normalized spacial score (nSPS) is 18.3. The summed E-state index contributed by atoms with van der Waals surface area (Å²) in [4.78, 5) is 25.0. The molecule has 4 aliphatic heterocycles. The highest BCUT2D eigenvalue weighted by Crippen LogP contribution is 2.46. The summed E-state index contributed by atoms with van der Waals surface area (Å²) in [6, 6.07) is 81.5. The van der Waals surface area contributed by atoms with Crippen molar-refractivity contribution in [3.63, 3.8) is 0 Å². The van der Waals surface area contributed by atoms with Crippen molar-refractivity contribution in [1.29, 1.82) is 0 Å². The van der Waals surface area contributed by atoms with Gasteiger partial charge in [0, 0.05) is 74.6 Å². The molecule has 4 heterocycles. The van der Waals surface area contributed by atoms with Crippen LogP contribution in [0.15, 0.2) is 255 Å². The minimum Gasteiger partial charge on any atom is -0.491 e. The van der Waals surface area contributed by atoms with E-state index < -0.39 is 29.5 Å². The third kappa shape index (κ3) is 26.9. The van der Waals surface area contributed by atoms with Crippen molar-refractivity contribution in [3.05, 3.63) is 299 Å². The summed E-state index contributed by atoms with van der Waals surface area (Å²) in [6.07, 6.45) is -1.25. The molecular formula is C93H106N6O19P2. The fourth-order valence-corrected chi connectivity index (χ4v) is 15.9. The molecule has 0 aliphatic carbocycles. The van der Waals surface area contributed by atoms with Crippen molar-refractivity contribution in [1.82, 2.24) is 30.2 Å². The van der Waals surface area contributed by atoms with Gasteiger partial charge in [-0.15, -0.1) is 0 Å². The number of para-hydroxylation sites is 4. The Kier molecular flexibility index (Phi) is 34.3. The number of hydrogen-bond donors (Lipinski definition) is 2. The van der Waals surface area contributed by atoms with E-state index in [1.165, 1.54) is 0 Å². The number of benzene rings is 10. The van der Waals surface area contributed by atoms with E-state index in [1.54, 1.807) is 0 Å². The number of hydrogen-bond acceptors (Lipinski definition) is 23. The molecular weight excluding hydrogens is 1570 g/mol. The van der Waals surface area contributed by atoms with E-state index in [-0.39, 0.29) is 58.8 Å². The van der Waals surface area contributed by atoms with E-state index >= 15 is 4.79 Å². The Morgan fingerprint density at radius 1 is 0.275 bits per heavy atom. The standard InChI is InChI=1S/C93H106N6O19P2/c100-93-98-71-85-83(67-94-91(98)75-19-7-1-8-20-75)87-39-41-89(85)111-65-61-107-57-53-103-49-45-97(70-74-33-37-82(38-34-74)118-120(115-79-27-15-5-16-28-79)116-80-29-17-6-18-30-80)46-50-104-54-58-108-62-66-112-90-42-40-88(84-68-95-92(99(93)72-86(84)90)76-21-9-2-10-22-76)110-64-60-106-56-52-102-48-44-96(43-47-101-51-55-105-59-63-109-87)69-73-31-35-81(36-32-73)117-119(113-77-23-11-3-12-24-77)114-78-25-13-4-14-26-78/h1-42,91-92,94-95H,43-72H2. The third-order valence-electron chi connectivity index (χ3n) is 20.0. The topological polar surface area (TPSA) is 220 Å². The lowest BCUT2D eigenvalue weighted by Gasteiger charge is -2.39. The molecule has 10 aromatic carbocycles. The molecule has 4 aliphatic rings. The average molecular weight is 1670 g/mol. The SMILES string of the molecule is O=C1N2Cc3c4ccc(c3CNC2c2ccccc2)OCCOCCOCCN(Cc2ccc(OP(Oc3ccccc3)Oc3ccccc3)cc2)CCOCCOCCOc2ccc(c3c2CNC(c2ccccc2)N1C3)OCCOCCOCCN(Cc1ccc(OP(Oc2ccccc2)Oc2ccccc2)cc1)CCOCCOCCO4. The van der Waals surface area contributed by atoms with Crippen LogP contribution in [0.3, 0.4) is 0 Å². The van der Waals surface area contributed by atoms with E-state index in [9.17, 15) is 0 Å². The second-order valence-electron chi connectivity index (χ2n) is 28.3. The Morgan fingerprint density at radius 3 is 0.800 bits per heavy atom. The molecule has 2 unspecified atom stereocenters. The van der Waals surface area contributed by atoms with Crippen LogP contribution in [0.5, 0.6) is 57.5 Å². The van der Waals surface area contributed by atoms with Crippen molar-refractivity contribution in [2.45, 2.75) is 51.6 Å². The zero-order valence-corrected chi connectivity index (χ0v) is 69.3. The number of nitrogens with one attached hydrogen (secondary N) is 2. The Hall–Kier alpha value is -10.2. The zero-order valence-electron chi connectivity index (χ0n) is 67.6. The van der Waals surface area contributed by atoms with Crippen LogP contribution in [0.4, 0.5) is 4.79 Å². The Labute approximate surface area is 705 Å². The molecule has 120 heavy (non-hydrogen) atoms. The molecule has 2 N–H and O–H groups in total. The van der Waals surface area contributed by atoms with E-state index in [2.05, 4.69) is 44.7 Å². The highest BCUT2D eigenvalue weighted by atomic mass is 31.2. The Balaban J connectivity index is 0.685. The first kappa shape index (κ1) is 86.2. The van der Waals surface area contributed by atoms with Gasteiger partial charge >= 0.3 is 23.2 Å². The number of nitrogens with zero attached hydrogens (tertiary/aromatic N) is 4. The first-order chi connectivity index (χ1) is 59.4. The summed E-state index contributed by atoms with van der Waals surface area (Å²) >= 11 is 0. The number of carbonyl (C=O) groups excluding carboxylic acids is 1. The summed E-state index contributed by atoms with van der Waals surface area (Å²) in [5.41, 5.74) is 7.20. The first-order valence-electron chi connectivity index (χ1n) is 41.0. The van der Waals surface area contributed by atoms with Gasteiger partial charge in [-0.05, 0) is 119 Å². The maximum atomic E-state index is 16.6. The maximum Gasteiger partial charge on any atom is 0.530 e. The van der Waals surface area contributed by atoms with Crippen LogP contribution in [0.2, 0.25) is 0 Å². The van der Waals surface area contributed by atoms with Crippen molar-refractivity contribution >= 4 is 23.2 Å². The number of ether oxygens (including phenoxy) is 12. The predicted octanol–water partition coefficient (Wildman–Crippen LogP) is 15.9. The fraction of sp³-hybridized carbons (Fsp3) is 0.344. The van der Waals surface area contributed by atoms with Crippen LogP contribution < -0.4 is 56.7 Å². The molecule has 0 spiro atoms. The number of rotatable bonds is 18. The molecule has 27 heteroatoms. The molecule has 0 saturated carbocycles. The smallest absolute Gasteiger partial charge is 0.491 e. The van der Waals surface area contributed by atoms with Crippen LogP contribution in [-0.2, 0) is 77.2 Å². The Morgan fingerprint density at radius 2 is 0.517 bits per heavy atom. The number of urea groups is 1. The maximum absolute atomic E-state index is 16.6. The van der Waals surface area contributed by atoms with Crippen molar-refractivity contribution in [3.8, 4) is 57.5 Å². The number of carbonyl (C=O) groups is 1. The molecule has 8 bridgehead atoms. The summed E-state index contributed by atoms with van der Waals surface area (Å²) < 4.78 is 114. The van der Waals surface area contributed by atoms with Gasteiger partial charge in [-0.3, -0.25) is 20.4 Å². The molecule has 0 fully saturated rings. The van der Waals surface area contributed by atoms with Crippen LogP contribution in [0.1, 0.15) is 56.8 Å².